The maximum absolute atomic E-state index is 12.4. The number of nitriles is 1. The Kier molecular flexibility index (Phi) is 5.12. The van der Waals surface area contributed by atoms with Crippen LogP contribution >= 0.6 is 0 Å². The predicted molar refractivity (Wildman–Crippen MR) is 73.7 cm³/mol. The van der Waals surface area contributed by atoms with Gasteiger partial charge in [0, 0.05) is 32.2 Å². The fraction of sp³-hybridized carbons (Fsp3) is 0.929. The summed E-state index contributed by atoms with van der Waals surface area (Å²) in [6.07, 6.45) is -1.57. The quantitative estimate of drug-likeness (QED) is 0.856. The van der Waals surface area contributed by atoms with Gasteiger partial charge in [0.15, 0.2) is 0 Å². The van der Waals surface area contributed by atoms with Crippen molar-refractivity contribution in [3.8, 4) is 6.07 Å². The average Bonchev–Trinajstić information content (AvgIpc) is 2.83. The standard InChI is InChI=1S/C14H23F3N4/c1-2-19-13(10-18)4-3-12(9-13)21-7-5-20(6-8-21)11-14(15,16)17/h12,19H,2-9,11H2,1H3. The van der Waals surface area contributed by atoms with E-state index >= 15 is 0 Å². The van der Waals surface area contributed by atoms with Crippen LogP contribution in [-0.2, 0) is 0 Å². The van der Waals surface area contributed by atoms with Crippen molar-refractivity contribution in [1.82, 2.24) is 15.1 Å². The molecule has 2 rings (SSSR count). The van der Waals surface area contributed by atoms with E-state index in [1.807, 2.05) is 6.92 Å². The number of hydrogen-bond donors (Lipinski definition) is 1. The zero-order valence-electron chi connectivity index (χ0n) is 12.4. The zero-order valence-corrected chi connectivity index (χ0v) is 12.4. The van der Waals surface area contributed by atoms with E-state index in [2.05, 4.69) is 16.3 Å². The highest BCUT2D eigenvalue weighted by Crippen LogP contribution is 2.33. The molecule has 2 atom stereocenters. The van der Waals surface area contributed by atoms with Crippen LogP contribution in [0.2, 0.25) is 0 Å². The molecule has 2 fully saturated rings. The highest BCUT2D eigenvalue weighted by Gasteiger charge is 2.42. The Balaban J connectivity index is 1.83. The van der Waals surface area contributed by atoms with Gasteiger partial charge in [-0.15, -0.1) is 0 Å². The number of alkyl halides is 3. The molecule has 0 amide bonds. The number of nitrogens with zero attached hydrogens (tertiary/aromatic N) is 3. The van der Waals surface area contributed by atoms with E-state index in [0.717, 1.165) is 25.8 Å². The third-order valence-corrected chi connectivity index (χ3v) is 4.54. The van der Waals surface area contributed by atoms with E-state index in [9.17, 15) is 18.4 Å². The minimum Gasteiger partial charge on any atom is -0.300 e. The summed E-state index contributed by atoms with van der Waals surface area (Å²) in [6, 6.07) is 2.71. The lowest BCUT2D eigenvalue weighted by molar-refractivity contribution is -0.149. The molecule has 0 aromatic rings. The fourth-order valence-corrected chi connectivity index (χ4v) is 3.51. The average molecular weight is 304 g/mol. The Hall–Kier alpha value is -0.840. The summed E-state index contributed by atoms with van der Waals surface area (Å²) < 4.78 is 37.1. The zero-order chi connectivity index (χ0) is 15.5. The number of nitrogens with one attached hydrogen (secondary N) is 1. The Morgan fingerprint density at radius 3 is 2.48 bits per heavy atom. The number of hydrogen-bond acceptors (Lipinski definition) is 4. The SMILES string of the molecule is CCNC1(C#N)CCC(N2CCN(CC(F)(F)F)CC2)C1. The van der Waals surface area contributed by atoms with E-state index in [-0.39, 0.29) is 0 Å². The summed E-state index contributed by atoms with van der Waals surface area (Å²) in [5.41, 5.74) is -0.442. The van der Waals surface area contributed by atoms with E-state index in [4.69, 9.17) is 0 Å². The molecule has 1 aliphatic carbocycles. The molecule has 0 radical (unpaired) electrons. The van der Waals surface area contributed by atoms with E-state index < -0.39 is 18.3 Å². The summed E-state index contributed by atoms with van der Waals surface area (Å²) in [6.45, 7) is 4.17. The van der Waals surface area contributed by atoms with Gasteiger partial charge in [0.1, 0.15) is 5.54 Å². The number of piperazine rings is 1. The fourth-order valence-electron chi connectivity index (χ4n) is 3.51. The van der Waals surface area contributed by atoms with Crippen LogP contribution in [0.5, 0.6) is 0 Å². The van der Waals surface area contributed by atoms with Crippen molar-refractivity contribution < 1.29 is 13.2 Å². The van der Waals surface area contributed by atoms with Gasteiger partial charge in [-0.05, 0) is 25.8 Å². The molecule has 1 aliphatic heterocycles. The first-order valence-electron chi connectivity index (χ1n) is 7.57. The Morgan fingerprint density at radius 2 is 1.95 bits per heavy atom. The summed E-state index contributed by atoms with van der Waals surface area (Å²) in [7, 11) is 0. The Morgan fingerprint density at radius 1 is 1.29 bits per heavy atom. The smallest absolute Gasteiger partial charge is 0.300 e. The van der Waals surface area contributed by atoms with Crippen LogP contribution in [0.3, 0.4) is 0 Å². The lowest BCUT2D eigenvalue weighted by Gasteiger charge is -2.38. The minimum absolute atomic E-state index is 0.316. The van der Waals surface area contributed by atoms with Gasteiger partial charge in [-0.1, -0.05) is 6.92 Å². The second kappa shape index (κ2) is 6.51. The summed E-state index contributed by atoms with van der Waals surface area (Å²) in [5.74, 6) is 0. The first-order chi connectivity index (χ1) is 9.87. The second-order valence-corrected chi connectivity index (χ2v) is 6.05. The highest BCUT2D eigenvalue weighted by molar-refractivity contribution is 5.13. The Labute approximate surface area is 123 Å². The van der Waals surface area contributed by atoms with Crippen LogP contribution < -0.4 is 5.32 Å². The van der Waals surface area contributed by atoms with Crippen LogP contribution in [0.15, 0.2) is 0 Å². The molecule has 1 saturated heterocycles. The van der Waals surface area contributed by atoms with Crippen molar-refractivity contribution in [3.63, 3.8) is 0 Å². The van der Waals surface area contributed by atoms with Gasteiger partial charge in [0.05, 0.1) is 12.6 Å². The third kappa shape index (κ3) is 4.31. The lowest BCUT2D eigenvalue weighted by Crippen LogP contribution is -2.52. The second-order valence-electron chi connectivity index (χ2n) is 6.05. The molecule has 7 heteroatoms. The van der Waals surface area contributed by atoms with Crippen molar-refractivity contribution in [3.05, 3.63) is 0 Å². The summed E-state index contributed by atoms with van der Waals surface area (Å²) in [5, 5.41) is 12.6. The van der Waals surface area contributed by atoms with Crippen molar-refractivity contribution >= 4 is 0 Å². The largest absolute Gasteiger partial charge is 0.401 e. The predicted octanol–water partition coefficient (Wildman–Crippen LogP) is 1.59. The van der Waals surface area contributed by atoms with Gasteiger partial charge in [0.2, 0.25) is 0 Å². The molecule has 0 aromatic heterocycles. The van der Waals surface area contributed by atoms with Gasteiger partial charge in [-0.2, -0.15) is 18.4 Å². The maximum Gasteiger partial charge on any atom is 0.401 e. The number of rotatable bonds is 4. The molecular weight excluding hydrogens is 281 g/mol. The first-order valence-corrected chi connectivity index (χ1v) is 7.57. The molecule has 1 heterocycles. The first kappa shape index (κ1) is 16.5. The van der Waals surface area contributed by atoms with Crippen LogP contribution in [0.25, 0.3) is 0 Å². The van der Waals surface area contributed by atoms with Gasteiger partial charge in [-0.25, -0.2) is 0 Å². The maximum atomic E-state index is 12.4. The molecule has 1 N–H and O–H groups in total. The van der Waals surface area contributed by atoms with Crippen molar-refractivity contribution in [1.29, 1.82) is 5.26 Å². The molecule has 2 unspecified atom stereocenters. The summed E-state index contributed by atoms with van der Waals surface area (Å²) >= 11 is 0. The number of halogens is 3. The molecular formula is C14H23F3N4. The monoisotopic (exact) mass is 304 g/mol. The Bertz CT molecular complexity index is 385. The molecule has 4 nitrogen and oxygen atoms in total. The van der Waals surface area contributed by atoms with Crippen LogP contribution in [-0.4, -0.2) is 66.8 Å². The van der Waals surface area contributed by atoms with Crippen molar-refractivity contribution in [2.75, 3.05) is 39.3 Å². The van der Waals surface area contributed by atoms with E-state index in [0.29, 0.717) is 32.2 Å². The lowest BCUT2D eigenvalue weighted by atomic mass is 9.99. The molecule has 21 heavy (non-hydrogen) atoms. The van der Waals surface area contributed by atoms with Crippen molar-refractivity contribution in [2.45, 2.75) is 43.9 Å². The van der Waals surface area contributed by atoms with Gasteiger partial charge in [0.25, 0.3) is 0 Å². The van der Waals surface area contributed by atoms with E-state index in [1.165, 1.54) is 4.90 Å². The topological polar surface area (TPSA) is 42.3 Å². The van der Waals surface area contributed by atoms with Crippen LogP contribution in [0.1, 0.15) is 26.2 Å². The molecule has 1 saturated carbocycles. The molecule has 0 bridgehead atoms. The van der Waals surface area contributed by atoms with Crippen LogP contribution in [0, 0.1) is 11.3 Å². The summed E-state index contributed by atoms with van der Waals surface area (Å²) in [4.78, 5) is 3.72. The van der Waals surface area contributed by atoms with Crippen molar-refractivity contribution in [2.24, 2.45) is 0 Å². The van der Waals surface area contributed by atoms with E-state index in [1.54, 1.807) is 0 Å². The third-order valence-electron chi connectivity index (χ3n) is 4.54. The molecule has 0 aromatic carbocycles. The van der Waals surface area contributed by atoms with Gasteiger partial charge >= 0.3 is 6.18 Å². The molecule has 0 spiro atoms. The van der Waals surface area contributed by atoms with Gasteiger partial charge < -0.3 is 0 Å². The van der Waals surface area contributed by atoms with Crippen LogP contribution in [0.4, 0.5) is 13.2 Å². The molecule has 120 valence electrons. The normalized spacial score (nSPS) is 32.2. The molecule has 2 aliphatic rings. The minimum atomic E-state index is -4.11. The highest BCUT2D eigenvalue weighted by atomic mass is 19.4. The van der Waals surface area contributed by atoms with Gasteiger partial charge in [-0.3, -0.25) is 15.1 Å².